The third-order valence-corrected chi connectivity index (χ3v) is 3.15. The third kappa shape index (κ3) is 4.12. The van der Waals surface area contributed by atoms with Gasteiger partial charge in [0, 0.05) is 31.9 Å². The van der Waals surface area contributed by atoms with Crippen molar-refractivity contribution in [1.82, 2.24) is 0 Å². The molecule has 3 nitrogen and oxygen atoms in total. The van der Waals surface area contributed by atoms with Crippen LogP contribution in [0.25, 0.3) is 0 Å². The van der Waals surface area contributed by atoms with E-state index in [1.807, 2.05) is 44.4 Å². The van der Waals surface area contributed by atoms with E-state index < -0.39 is 0 Å². The van der Waals surface area contributed by atoms with E-state index in [-0.39, 0.29) is 5.91 Å². The van der Waals surface area contributed by atoms with Gasteiger partial charge in [-0.1, -0.05) is 30.3 Å². The first kappa shape index (κ1) is 14.1. The van der Waals surface area contributed by atoms with Crippen molar-refractivity contribution >= 4 is 17.3 Å². The van der Waals surface area contributed by atoms with Crippen LogP contribution in [0.2, 0.25) is 0 Å². The Morgan fingerprint density at radius 2 is 1.65 bits per heavy atom. The highest BCUT2D eigenvalue weighted by molar-refractivity contribution is 5.90. The number of hydrogen-bond donors (Lipinski definition) is 1. The number of aryl methyl sites for hydroxylation is 1. The van der Waals surface area contributed by atoms with Gasteiger partial charge in [0.05, 0.1) is 0 Å². The maximum atomic E-state index is 11.8. The number of anilines is 2. The molecule has 0 saturated heterocycles. The van der Waals surface area contributed by atoms with E-state index in [0.29, 0.717) is 6.42 Å². The molecule has 0 atom stereocenters. The lowest BCUT2D eigenvalue weighted by Gasteiger charge is -2.12. The molecule has 0 fully saturated rings. The molecule has 0 aliphatic rings. The number of amides is 1. The van der Waals surface area contributed by atoms with Crippen LogP contribution < -0.4 is 10.2 Å². The molecule has 1 N–H and O–H groups in total. The average molecular weight is 268 g/mol. The standard InChI is InChI=1S/C17H20N2O/c1-19(2)16-11-8-14(9-12-16)10-13-17(20)18-15-6-4-3-5-7-15/h3-9,11-12H,10,13H2,1-2H3,(H,18,20). The minimum atomic E-state index is 0.0490. The normalized spacial score (nSPS) is 10.1. The topological polar surface area (TPSA) is 32.3 Å². The van der Waals surface area contributed by atoms with Crippen molar-refractivity contribution in [2.24, 2.45) is 0 Å². The Morgan fingerprint density at radius 3 is 2.25 bits per heavy atom. The van der Waals surface area contributed by atoms with Gasteiger partial charge in [0.2, 0.25) is 5.91 Å². The first-order valence-electron chi connectivity index (χ1n) is 6.76. The molecule has 0 bridgehead atoms. The Morgan fingerprint density at radius 1 is 1.00 bits per heavy atom. The Kier molecular flexibility index (Phi) is 4.77. The van der Waals surface area contributed by atoms with Crippen LogP contribution in [0.15, 0.2) is 54.6 Å². The van der Waals surface area contributed by atoms with Crippen LogP contribution in [0.4, 0.5) is 11.4 Å². The third-order valence-electron chi connectivity index (χ3n) is 3.15. The van der Waals surface area contributed by atoms with E-state index in [2.05, 4.69) is 34.5 Å². The molecule has 0 aromatic heterocycles. The highest BCUT2D eigenvalue weighted by Crippen LogP contribution is 2.14. The van der Waals surface area contributed by atoms with Crippen LogP contribution in [0.3, 0.4) is 0 Å². The summed E-state index contributed by atoms with van der Waals surface area (Å²) in [5.74, 6) is 0.0490. The summed E-state index contributed by atoms with van der Waals surface area (Å²) in [4.78, 5) is 13.9. The summed E-state index contributed by atoms with van der Waals surface area (Å²) >= 11 is 0. The van der Waals surface area contributed by atoms with Crippen molar-refractivity contribution in [2.75, 3.05) is 24.3 Å². The van der Waals surface area contributed by atoms with Gasteiger partial charge in [0.15, 0.2) is 0 Å². The van der Waals surface area contributed by atoms with Crippen molar-refractivity contribution in [3.05, 3.63) is 60.2 Å². The highest BCUT2D eigenvalue weighted by atomic mass is 16.1. The summed E-state index contributed by atoms with van der Waals surface area (Å²) in [6, 6.07) is 17.8. The molecule has 0 spiro atoms. The van der Waals surface area contributed by atoms with Gasteiger partial charge in [-0.3, -0.25) is 4.79 Å². The quantitative estimate of drug-likeness (QED) is 0.902. The van der Waals surface area contributed by atoms with Crippen LogP contribution in [0.1, 0.15) is 12.0 Å². The molecule has 2 aromatic rings. The number of nitrogens with one attached hydrogen (secondary N) is 1. The molecule has 0 aliphatic carbocycles. The minimum absolute atomic E-state index is 0.0490. The number of hydrogen-bond acceptors (Lipinski definition) is 2. The Labute approximate surface area is 120 Å². The van der Waals surface area contributed by atoms with E-state index in [4.69, 9.17) is 0 Å². The molecule has 0 aliphatic heterocycles. The second-order valence-electron chi connectivity index (χ2n) is 4.98. The summed E-state index contributed by atoms with van der Waals surface area (Å²) in [5.41, 5.74) is 3.20. The molecule has 0 unspecified atom stereocenters. The van der Waals surface area contributed by atoms with E-state index in [1.54, 1.807) is 0 Å². The first-order chi connectivity index (χ1) is 9.65. The van der Waals surface area contributed by atoms with Crippen molar-refractivity contribution in [1.29, 1.82) is 0 Å². The predicted molar refractivity (Wildman–Crippen MR) is 84.2 cm³/mol. The lowest BCUT2D eigenvalue weighted by Crippen LogP contribution is -2.12. The van der Waals surface area contributed by atoms with Gasteiger partial charge in [-0.2, -0.15) is 0 Å². The van der Waals surface area contributed by atoms with Crippen molar-refractivity contribution < 1.29 is 4.79 Å². The second kappa shape index (κ2) is 6.75. The number of benzene rings is 2. The fourth-order valence-electron chi connectivity index (χ4n) is 1.96. The van der Waals surface area contributed by atoms with Gasteiger partial charge in [0.1, 0.15) is 0 Å². The highest BCUT2D eigenvalue weighted by Gasteiger charge is 2.03. The number of rotatable bonds is 5. The average Bonchev–Trinajstić information content (AvgIpc) is 2.46. The lowest BCUT2D eigenvalue weighted by atomic mass is 10.1. The maximum absolute atomic E-state index is 11.8. The van der Waals surface area contributed by atoms with E-state index >= 15 is 0 Å². The fourth-order valence-corrected chi connectivity index (χ4v) is 1.96. The van der Waals surface area contributed by atoms with Crippen LogP contribution in [-0.4, -0.2) is 20.0 Å². The number of carbonyl (C=O) groups excluding carboxylic acids is 1. The zero-order chi connectivity index (χ0) is 14.4. The van der Waals surface area contributed by atoms with Crippen LogP contribution in [0.5, 0.6) is 0 Å². The number of para-hydroxylation sites is 1. The van der Waals surface area contributed by atoms with Crippen molar-refractivity contribution in [3.8, 4) is 0 Å². The zero-order valence-electron chi connectivity index (χ0n) is 12.0. The molecule has 0 heterocycles. The molecule has 20 heavy (non-hydrogen) atoms. The van der Waals surface area contributed by atoms with Crippen molar-refractivity contribution in [3.63, 3.8) is 0 Å². The Hall–Kier alpha value is -2.29. The molecule has 2 aromatic carbocycles. The SMILES string of the molecule is CN(C)c1ccc(CCC(=O)Nc2ccccc2)cc1. The molecule has 3 heteroatoms. The molecule has 0 saturated carbocycles. The summed E-state index contributed by atoms with van der Waals surface area (Å²) in [6.45, 7) is 0. The van der Waals surface area contributed by atoms with Gasteiger partial charge in [0.25, 0.3) is 0 Å². The number of nitrogens with zero attached hydrogens (tertiary/aromatic N) is 1. The zero-order valence-corrected chi connectivity index (χ0v) is 12.0. The van der Waals surface area contributed by atoms with E-state index in [1.165, 1.54) is 11.3 Å². The molecular weight excluding hydrogens is 248 g/mol. The summed E-state index contributed by atoms with van der Waals surface area (Å²) in [6.07, 6.45) is 1.25. The second-order valence-corrected chi connectivity index (χ2v) is 4.98. The summed E-state index contributed by atoms with van der Waals surface area (Å²) in [7, 11) is 4.03. The Balaban J connectivity index is 1.84. The van der Waals surface area contributed by atoms with Crippen LogP contribution in [0, 0.1) is 0 Å². The molecule has 0 radical (unpaired) electrons. The van der Waals surface area contributed by atoms with Crippen LogP contribution in [-0.2, 0) is 11.2 Å². The smallest absolute Gasteiger partial charge is 0.224 e. The van der Waals surface area contributed by atoms with Crippen molar-refractivity contribution in [2.45, 2.75) is 12.8 Å². The summed E-state index contributed by atoms with van der Waals surface area (Å²) < 4.78 is 0. The lowest BCUT2D eigenvalue weighted by molar-refractivity contribution is -0.116. The van der Waals surface area contributed by atoms with Gasteiger partial charge >= 0.3 is 0 Å². The van der Waals surface area contributed by atoms with E-state index in [0.717, 1.165) is 12.1 Å². The molecule has 104 valence electrons. The fraction of sp³-hybridized carbons (Fsp3) is 0.235. The molecular formula is C17H20N2O. The number of carbonyl (C=O) groups is 1. The monoisotopic (exact) mass is 268 g/mol. The largest absolute Gasteiger partial charge is 0.378 e. The maximum Gasteiger partial charge on any atom is 0.224 e. The summed E-state index contributed by atoms with van der Waals surface area (Å²) in [5, 5.41) is 2.89. The van der Waals surface area contributed by atoms with Gasteiger partial charge in [-0.25, -0.2) is 0 Å². The molecule has 1 amide bonds. The van der Waals surface area contributed by atoms with Gasteiger partial charge < -0.3 is 10.2 Å². The van der Waals surface area contributed by atoms with E-state index in [9.17, 15) is 4.79 Å². The van der Waals surface area contributed by atoms with Gasteiger partial charge in [-0.05, 0) is 36.2 Å². The predicted octanol–water partition coefficient (Wildman–Crippen LogP) is 3.32. The first-order valence-corrected chi connectivity index (χ1v) is 6.76. The Bertz CT molecular complexity index is 547. The minimum Gasteiger partial charge on any atom is -0.378 e. The van der Waals surface area contributed by atoms with Gasteiger partial charge in [-0.15, -0.1) is 0 Å². The van der Waals surface area contributed by atoms with Crippen LogP contribution >= 0.6 is 0 Å². The molecule has 2 rings (SSSR count).